The summed E-state index contributed by atoms with van der Waals surface area (Å²) in [5, 5.41) is 8.67. The van der Waals surface area contributed by atoms with Crippen LogP contribution in [0.4, 0.5) is 5.82 Å². The van der Waals surface area contributed by atoms with Gasteiger partial charge in [0.15, 0.2) is 10.8 Å². The van der Waals surface area contributed by atoms with Crippen LogP contribution in [0.15, 0.2) is 42.1 Å². The third kappa shape index (κ3) is 3.24. The Bertz CT molecular complexity index is 889. The zero-order valence-corrected chi connectivity index (χ0v) is 15.7. The van der Waals surface area contributed by atoms with Crippen molar-refractivity contribution >= 4 is 34.6 Å². The molecule has 1 N–H and O–H groups in total. The minimum absolute atomic E-state index is 0.282. The Kier molecular flexibility index (Phi) is 5.41. The number of thioether (sulfide) groups is 1. The highest BCUT2D eigenvalue weighted by Crippen LogP contribution is 2.38. The van der Waals surface area contributed by atoms with E-state index in [1.807, 2.05) is 17.2 Å². The zero-order valence-electron chi connectivity index (χ0n) is 14.9. The number of anilines is 1. The first-order valence-corrected chi connectivity index (χ1v) is 9.51. The number of aromatic amines is 1. The molecule has 8 heteroatoms. The fourth-order valence-electron chi connectivity index (χ4n) is 3.01. The third-order valence-corrected chi connectivity index (χ3v) is 4.72. The van der Waals surface area contributed by atoms with E-state index in [1.165, 1.54) is 11.8 Å². The minimum atomic E-state index is -0.467. The lowest BCUT2D eigenvalue weighted by Crippen LogP contribution is -2.38. The Morgan fingerprint density at radius 2 is 2.27 bits per heavy atom. The fourth-order valence-corrected chi connectivity index (χ4v) is 3.37. The molecule has 3 heterocycles. The second-order valence-electron chi connectivity index (χ2n) is 5.74. The van der Waals surface area contributed by atoms with Crippen molar-refractivity contribution in [1.82, 2.24) is 20.2 Å². The normalized spacial score (nSPS) is 16.6. The first kappa shape index (κ1) is 18.2. The maximum absolute atomic E-state index is 12.5. The molecular weight excluding hydrogens is 350 g/mol. The van der Waals surface area contributed by atoms with Crippen LogP contribution in [0.5, 0.6) is 0 Å². The number of aromatic nitrogens is 4. The molecule has 0 bridgehead atoms. The predicted molar refractivity (Wildman–Crippen MR) is 104 cm³/mol. The number of rotatable bonds is 7. The molecule has 0 fully saturated rings. The van der Waals surface area contributed by atoms with Crippen LogP contribution in [0, 0.1) is 0 Å². The van der Waals surface area contributed by atoms with Gasteiger partial charge >= 0.3 is 5.97 Å². The second kappa shape index (κ2) is 7.74. The van der Waals surface area contributed by atoms with E-state index in [4.69, 9.17) is 4.74 Å². The van der Waals surface area contributed by atoms with Gasteiger partial charge in [0.05, 0.1) is 17.7 Å². The van der Waals surface area contributed by atoms with Gasteiger partial charge in [0, 0.05) is 13.1 Å². The predicted octanol–water partition coefficient (Wildman–Crippen LogP) is 2.84. The molecule has 2 aromatic rings. The molecule has 136 valence electrons. The van der Waals surface area contributed by atoms with Crippen LogP contribution in [-0.2, 0) is 9.53 Å². The summed E-state index contributed by atoms with van der Waals surface area (Å²) in [5.41, 5.74) is 2.25. The summed E-state index contributed by atoms with van der Waals surface area (Å²) in [7, 11) is 0. The molecule has 1 unspecified atom stereocenters. The number of nitrogens with one attached hydrogen (secondary N) is 1. The smallest absolute Gasteiger partial charge is 0.316 e. The molecule has 26 heavy (non-hydrogen) atoms. The molecule has 0 amide bonds. The van der Waals surface area contributed by atoms with Gasteiger partial charge < -0.3 is 9.64 Å². The lowest BCUT2D eigenvalue weighted by Gasteiger charge is -2.32. The van der Waals surface area contributed by atoms with Crippen molar-refractivity contribution in [3.05, 3.63) is 42.7 Å². The van der Waals surface area contributed by atoms with E-state index in [-0.39, 0.29) is 5.97 Å². The molecule has 0 aromatic carbocycles. The van der Waals surface area contributed by atoms with E-state index in [0.29, 0.717) is 36.2 Å². The Hall–Kier alpha value is -2.61. The molecular formula is C18H21N5O2S. The van der Waals surface area contributed by atoms with Gasteiger partial charge in [-0.2, -0.15) is 5.10 Å². The average molecular weight is 371 g/mol. The Labute approximate surface area is 156 Å². The minimum Gasteiger partial charge on any atom is -0.465 e. The first-order valence-electron chi connectivity index (χ1n) is 8.28. The van der Waals surface area contributed by atoms with Gasteiger partial charge in [-0.25, -0.2) is 9.97 Å². The van der Waals surface area contributed by atoms with Crippen LogP contribution in [0.25, 0.3) is 11.0 Å². The number of hydrogen-bond donors (Lipinski definition) is 1. The van der Waals surface area contributed by atoms with E-state index in [9.17, 15) is 4.79 Å². The summed E-state index contributed by atoms with van der Waals surface area (Å²) in [4.78, 5) is 23.7. The number of ether oxygens (including phenoxy) is 1. The van der Waals surface area contributed by atoms with Crippen molar-refractivity contribution in [2.24, 2.45) is 0 Å². The molecule has 0 aliphatic carbocycles. The molecule has 0 saturated heterocycles. The van der Waals surface area contributed by atoms with E-state index >= 15 is 0 Å². The lowest BCUT2D eigenvalue weighted by molar-refractivity contribution is -0.144. The quantitative estimate of drug-likeness (QED) is 0.347. The van der Waals surface area contributed by atoms with Gasteiger partial charge in [0.2, 0.25) is 0 Å². The monoisotopic (exact) mass is 371 g/mol. The van der Waals surface area contributed by atoms with E-state index in [2.05, 4.69) is 33.3 Å². The molecule has 0 spiro atoms. The van der Waals surface area contributed by atoms with E-state index < -0.39 is 5.92 Å². The second-order valence-corrected chi connectivity index (χ2v) is 6.51. The molecule has 1 aliphatic heterocycles. The van der Waals surface area contributed by atoms with Crippen molar-refractivity contribution in [3.63, 3.8) is 0 Å². The molecule has 1 atom stereocenters. The molecule has 7 nitrogen and oxygen atoms in total. The van der Waals surface area contributed by atoms with Crippen molar-refractivity contribution in [1.29, 1.82) is 0 Å². The van der Waals surface area contributed by atoms with Crippen LogP contribution < -0.4 is 4.90 Å². The highest BCUT2D eigenvalue weighted by atomic mass is 32.2. The Morgan fingerprint density at radius 1 is 1.46 bits per heavy atom. The first-order chi connectivity index (χ1) is 12.6. The van der Waals surface area contributed by atoms with Crippen LogP contribution in [0.1, 0.15) is 18.5 Å². The van der Waals surface area contributed by atoms with Crippen molar-refractivity contribution in [2.45, 2.75) is 18.0 Å². The van der Waals surface area contributed by atoms with Gasteiger partial charge in [-0.05, 0) is 18.8 Å². The summed E-state index contributed by atoms with van der Waals surface area (Å²) in [6.45, 7) is 10.7. The van der Waals surface area contributed by atoms with E-state index in [1.54, 1.807) is 19.1 Å². The number of allylic oxidation sites excluding steroid dienone is 2. The summed E-state index contributed by atoms with van der Waals surface area (Å²) < 4.78 is 5.26. The Balaban J connectivity index is 2.12. The average Bonchev–Trinajstić information content (AvgIpc) is 3.07. The standard InChI is InChI=1S/C18H21N5O2S/c1-5-8-11(6-2)9-23-10-12(17(24)25-7-3)14-13-15(22-21-14)19-18(26-4)20-16(13)23/h5-6,8,12H,1-2,7,9-10H2,3-4H3,(H,19,20,21,22)/b11-8+. The summed E-state index contributed by atoms with van der Waals surface area (Å²) in [6.07, 6.45) is 7.31. The van der Waals surface area contributed by atoms with Crippen molar-refractivity contribution in [3.8, 4) is 0 Å². The number of nitrogens with zero attached hydrogens (tertiary/aromatic N) is 4. The highest BCUT2D eigenvalue weighted by Gasteiger charge is 2.36. The van der Waals surface area contributed by atoms with Gasteiger partial charge in [0.1, 0.15) is 11.7 Å². The zero-order chi connectivity index (χ0) is 18.7. The van der Waals surface area contributed by atoms with Crippen LogP contribution in [-0.4, -0.2) is 52.1 Å². The summed E-state index contributed by atoms with van der Waals surface area (Å²) in [5.74, 6) is 0.0157. The largest absolute Gasteiger partial charge is 0.465 e. The van der Waals surface area contributed by atoms with Gasteiger partial charge in [-0.3, -0.25) is 9.89 Å². The molecule has 3 rings (SSSR count). The van der Waals surface area contributed by atoms with Crippen LogP contribution in [0.2, 0.25) is 0 Å². The lowest BCUT2D eigenvalue weighted by atomic mass is 9.97. The van der Waals surface area contributed by atoms with Gasteiger partial charge in [0.25, 0.3) is 0 Å². The topological polar surface area (TPSA) is 84.0 Å². The highest BCUT2D eigenvalue weighted by molar-refractivity contribution is 7.98. The van der Waals surface area contributed by atoms with Crippen molar-refractivity contribution < 1.29 is 9.53 Å². The third-order valence-electron chi connectivity index (χ3n) is 4.17. The fraction of sp³-hybridized carbons (Fsp3) is 0.333. The Morgan fingerprint density at radius 3 is 2.92 bits per heavy atom. The number of H-pyrrole nitrogens is 1. The molecule has 2 aromatic heterocycles. The van der Waals surface area contributed by atoms with Crippen LogP contribution in [0.3, 0.4) is 0 Å². The van der Waals surface area contributed by atoms with Gasteiger partial charge in [-0.1, -0.05) is 43.1 Å². The number of carbonyl (C=O) groups is 1. The number of carbonyl (C=O) groups excluding carboxylic acids is 1. The summed E-state index contributed by atoms with van der Waals surface area (Å²) >= 11 is 1.45. The maximum Gasteiger partial charge on any atom is 0.316 e. The van der Waals surface area contributed by atoms with E-state index in [0.717, 1.165) is 16.8 Å². The molecule has 1 aliphatic rings. The van der Waals surface area contributed by atoms with Gasteiger partial charge in [-0.15, -0.1) is 0 Å². The van der Waals surface area contributed by atoms with Crippen LogP contribution >= 0.6 is 11.8 Å². The summed E-state index contributed by atoms with van der Waals surface area (Å²) in [6, 6.07) is 0. The molecule has 0 radical (unpaired) electrons. The molecule has 0 saturated carbocycles. The maximum atomic E-state index is 12.5. The number of esters is 1. The SMILES string of the molecule is C=C/C=C(\C=C)CN1CC(C(=O)OCC)c2[nH]nc3nc(SC)nc1c23. The van der Waals surface area contributed by atoms with Crippen molar-refractivity contribution in [2.75, 3.05) is 30.9 Å². The number of hydrogen-bond acceptors (Lipinski definition) is 7.